The largest absolute Gasteiger partial charge is 0.497 e. The van der Waals surface area contributed by atoms with Gasteiger partial charge in [0.25, 0.3) is 5.91 Å². The summed E-state index contributed by atoms with van der Waals surface area (Å²) in [7, 11) is 1.66. The molecule has 4 nitrogen and oxygen atoms in total. The predicted molar refractivity (Wildman–Crippen MR) is 107 cm³/mol. The average Bonchev–Trinajstić information content (AvgIpc) is 3.29. The quantitative estimate of drug-likeness (QED) is 0.678. The van der Waals surface area contributed by atoms with Gasteiger partial charge in [0.2, 0.25) is 0 Å². The van der Waals surface area contributed by atoms with Crippen molar-refractivity contribution in [1.82, 2.24) is 4.98 Å². The first-order chi connectivity index (χ1) is 12.7. The Balaban J connectivity index is 1.43. The molecule has 0 saturated carbocycles. The molecule has 0 atom stereocenters. The van der Waals surface area contributed by atoms with Gasteiger partial charge in [0.15, 0.2) is 5.13 Å². The maximum absolute atomic E-state index is 12.6. The lowest BCUT2D eigenvalue weighted by Crippen LogP contribution is -2.14. The van der Waals surface area contributed by atoms with E-state index in [1.54, 1.807) is 18.4 Å². The topological polar surface area (TPSA) is 51.2 Å². The molecule has 1 aliphatic rings. The molecule has 1 aliphatic carbocycles. The van der Waals surface area contributed by atoms with Crippen LogP contribution in [0.3, 0.4) is 0 Å². The van der Waals surface area contributed by atoms with E-state index in [0.29, 0.717) is 5.13 Å². The van der Waals surface area contributed by atoms with Crippen molar-refractivity contribution >= 4 is 33.7 Å². The Bertz CT molecular complexity index is 912. The van der Waals surface area contributed by atoms with Crippen LogP contribution >= 0.6 is 22.7 Å². The van der Waals surface area contributed by atoms with E-state index in [-0.39, 0.29) is 5.91 Å². The number of hydrogen-bond donors (Lipinski definition) is 1. The number of hydrogen-bond acceptors (Lipinski definition) is 5. The molecule has 0 saturated heterocycles. The van der Waals surface area contributed by atoms with E-state index in [9.17, 15) is 4.79 Å². The number of methoxy groups -OCH3 is 1. The smallest absolute Gasteiger partial charge is 0.258 e. The Morgan fingerprint density at radius 2 is 2.04 bits per heavy atom. The van der Waals surface area contributed by atoms with Crippen molar-refractivity contribution in [3.8, 4) is 5.75 Å². The van der Waals surface area contributed by atoms with Crippen molar-refractivity contribution < 1.29 is 9.53 Å². The predicted octanol–water partition coefficient (Wildman–Crippen LogP) is 4.94. The van der Waals surface area contributed by atoms with Crippen LogP contribution in [0.5, 0.6) is 5.75 Å². The number of thiazole rings is 1. The van der Waals surface area contributed by atoms with Gasteiger partial charge in [-0.3, -0.25) is 10.1 Å². The number of anilines is 1. The normalized spacial score (nSPS) is 13.3. The lowest BCUT2D eigenvalue weighted by molar-refractivity contribution is 0.102. The molecule has 1 aromatic carbocycles. The second-order valence-electron chi connectivity index (χ2n) is 6.37. The van der Waals surface area contributed by atoms with Crippen LogP contribution in [0, 0.1) is 0 Å². The summed E-state index contributed by atoms with van der Waals surface area (Å²) < 4.78 is 5.19. The van der Waals surface area contributed by atoms with E-state index in [2.05, 4.69) is 22.4 Å². The van der Waals surface area contributed by atoms with Gasteiger partial charge in [0.1, 0.15) is 5.75 Å². The van der Waals surface area contributed by atoms with E-state index in [0.717, 1.165) is 35.5 Å². The zero-order chi connectivity index (χ0) is 17.9. The summed E-state index contributed by atoms with van der Waals surface area (Å²) in [6.07, 6.45) is 7.17. The Labute approximate surface area is 160 Å². The third-order valence-electron chi connectivity index (χ3n) is 4.62. The van der Waals surface area contributed by atoms with Crippen LogP contribution < -0.4 is 10.1 Å². The lowest BCUT2D eigenvalue weighted by Gasteiger charge is -2.12. The van der Waals surface area contributed by atoms with Gasteiger partial charge in [-0.25, -0.2) is 4.98 Å². The number of fused-ring (bicyclic) bond motifs is 1. The van der Waals surface area contributed by atoms with E-state index >= 15 is 0 Å². The molecule has 0 spiro atoms. The molecule has 1 N–H and O–H groups in total. The number of ether oxygens (including phenoxy) is 1. The fraction of sp³-hybridized carbons (Fsp3) is 0.300. The molecule has 134 valence electrons. The number of rotatable bonds is 5. The zero-order valence-electron chi connectivity index (χ0n) is 14.6. The van der Waals surface area contributed by atoms with Crippen LogP contribution in [0.2, 0.25) is 0 Å². The van der Waals surface area contributed by atoms with Gasteiger partial charge in [-0.05, 0) is 48.9 Å². The number of amides is 1. The van der Waals surface area contributed by atoms with Crippen molar-refractivity contribution in [3.05, 3.63) is 62.3 Å². The van der Waals surface area contributed by atoms with Gasteiger partial charge in [0.05, 0.1) is 12.7 Å². The number of nitrogens with one attached hydrogen (secondary N) is 1. The Morgan fingerprint density at radius 1 is 1.23 bits per heavy atom. The number of carbonyl (C=O) groups is 1. The van der Waals surface area contributed by atoms with Gasteiger partial charge in [-0.2, -0.15) is 0 Å². The summed E-state index contributed by atoms with van der Waals surface area (Å²) in [4.78, 5) is 19.5. The summed E-state index contributed by atoms with van der Waals surface area (Å²) in [6, 6.07) is 8.01. The minimum absolute atomic E-state index is 0.0326. The van der Waals surface area contributed by atoms with Crippen LogP contribution in [0.25, 0.3) is 0 Å². The van der Waals surface area contributed by atoms with Crippen molar-refractivity contribution in [2.24, 2.45) is 0 Å². The molecule has 26 heavy (non-hydrogen) atoms. The Morgan fingerprint density at radius 3 is 2.85 bits per heavy atom. The van der Waals surface area contributed by atoms with Gasteiger partial charge < -0.3 is 4.74 Å². The molecule has 2 aromatic heterocycles. The number of nitrogens with zero attached hydrogens (tertiary/aromatic N) is 1. The molecule has 0 unspecified atom stereocenters. The number of aromatic nitrogens is 1. The maximum Gasteiger partial charge on any atom is 0.258 e. The minimum Gasteiger partial charge on any atom is -0.497 e. The molecule has 0 radical (unpaired) electrons. The Hall–Kier alpha value is -2.18. The molecule has 1 amide bonds. The van der Waals surface area contributed by atoms with Crippen LogP contribution in [0.4, 0.5) is 5.13 Å². The number of thiophene rings is 1. The number of aryl methyl sites for hydroxylation is 1. The number of carbonyl (C=O) groups excluding carboxylic acids is 1. The summed E-state index contributed by atoms with van der Waals surface area (Å²) in [5.74, 6) is 0.819. The SMILES string of the molecule is COc1ccc(Cc2cnc(NC(=O)c3csc4c3CCCC4)s2)cc1. The van der Waals surface area contributed by atoms with Gasteiger partial charge >= 0.3 is 0 Å². The summed E-state index contributed by atoms with van der Waals surface area (Å²) in [5.41, 5.74) is 3.27. The highest BCUT2D eigenvalue weighted by Gasteiger charge is 2.20. The number of benzene rings is 1. The van der Waals surface area contributed by atoms with Crippen LogP contribution in [0.1, 0.15) is 44.1 Å². The molecular formula is C20H20N2O2S2. The van der Waals surface area contributed by atoms with Gasteiger partial charge in [-0.15, -0.1) is 22.7 Å². The molecule has 2 heterocycles. The standard InChI is InChI=1S/C20H20N2O2S2/c1-24-14-8-6-13(7-9-14)10-15-11-21-20(26-15)22-19(23)17-12-25-18-5-3-2-4-16(17)18/h6-9,11-12H,2-5,10H2,1H3,(H,21,22,23). The molecule has 4 rings (SSSR count). The van der Waals surface area contributed by atoms with E-state index in [4.69, 9.17) is 4.74 Å². The van der Waals surface area contributed by atoms with Crippen molar-refractivity contribution in [2.75, 3.05) is 12.4 Å². The van der Waals surface area contributed by atoms with Crippen LogP contribution in [-0.4, -0.2) is 18.0 Å². The van der Waals surface area contributed by atoms with E-state index in [1.807, 2.05) is 23.7 Å². The average molecular weight is 385 g/mol. The monoisotopic (exact) mass is 384 g/mol. The first kappa shape index (κ1) is 17.2. The molecular weight excluding hydrogens is 364 g/mol. The van der Waals surface area contributed by atoms with Gasteiger partial charge in [0, 0.05) is 27.8 Å². The molecule has 6 heteroatoms. The summed E-state index contributed by atoms with van der Waals surface area (Å²) in [5, 5.41) is 5.63. The third-order valence-corrected chi connectivity index (χ3v) is 6.62. The van der Waals surface area contributed by atoms with Crippen molar-refractivity contribution in [3.63, 3.8) is 0 Å². The second-order valence-corrected chi connectivity index (χ2v) is 8.45. The highest BCUT2D eigenvalue weighted by Crippen LogP contribution is 2.31. The maximum atomic E-state index is 12.6. The third kappa shape index (κ3) is 3.66. The van der Waals surface area contributed by atoms with Crippen LogP contribution in [-0.2, 0) is 19.3 Å². The molecule has 3 aromatic rings. The van der Waals surface area contributed by atoms with E-state index < -0.39 is 0 Å². The molecule has 0 fully saturated rings. The molecule has 0 aliphatic heterocycles. The van der Waals surface area contributed by atoms with Crippen LogP contribution in [0.15, 0.2) is 35.8 Å². The van der Waals surface area contributed by atoms with Gasteiger partial charge in [-0.1, -0.05) is 12.1 Å². The first-order valence-corrected chi connectivity index (χ1v) is 10.4. The minimum atomic E-state index is -0.0326. The summed E-state index contributed by atoms with van der Waals surface area (Å²) >= 11 is 3.24. The molecule has 0 bridgehead atoms. The highest BCUT2D eigenvalue weighted by molar-refractivity contribution is 7.15. The highest BCUT2D eigenvalue weighted by atomic mass is 32.1. The first-order valence-electron chi connectivity index (χ1n) is 8.71. The fourth-order valence-corrected chi connectivity index (χ4v) is 5.21. The lowest BCUT2D eigenvalue weighted by atomic mass is 9.96. The fourth-order valence-electron chi connectivity index (χ4n) is 3.24. The summed E-state index contributed by atoms with van der Waals surface area (Å²) in [6.45, 7) is 0. The van der Waals surface area contributed by atoms with Crippen molar-refractivity contribution in [2.45, 2.75) is 32.1 Å². The van der Waals surface area contributed by atoms with Crippen molar-refractivity contribution in [1.29, 1.82) is 0 Å². The van der Waals surface area contributed by atoms with E-state index in [1.165, 1.54) is 40.2 Å². The second kappa shape index (κ2) is 7.60. The Kier molecular flexibility index (Phi) is 5.04. The zero-order valence-corrected chi connectivity index (χ0v) is 16.2.